The third-order valence-electron chi connectivity index (χ3n) is 2.50. The van der Waals surface area contributed by atoms with Crippen molar-refractivity contribution in [3.8, 4) is 5.69 Å². The van der Waals surface area contributed by atoms with Gasteiger partial charge < -0.3 is 5.32 Å². The topological polar surface area (TPSA) is 89.8 Å². The number of aromatic nitrogens is 4. The average Bonchev–Trinajstić information content (AvgIpc) is 2.84. The van der Waals surface area contributed by atoms with Crippen LogP contribution in [-0.2, 0) is 9.59 Å². The Labute approximate surface area is 109 Å². The molecule has 0 fully saturated rings. The van der Waals surface area contributed by atoms with Gasteiger partial charge in [0.25, 0.3) is 0 Å². The molecular weight excluding hydrogens is 246 g/mol. The lowest BCUT2D eigenvalue weighted by atomic mass is 10.1. The molecule has 0 aliphatic carbocycles. The summed E-state index contributed by atoms with van der Waals surface area (Å²) in [6.45, 7) is 3.29. The molecule has 0 aliphatic heterocycles. The van der Waals surface area contributed by atoms with Crippen molar-refractivity contribution >= 4 is 17.4 Å². The van der Waals surface area contributed by atoms with E-state index >= 15 is 0 Å². The van der Waals surface area contributed by atoms with E-state index in [1.807, 2.05) is 13.0 Å². The van der Waals surface area contributed by atoms with Crippen molar-refractivity contribution < 1.29 is 9.59 Å². The summed E-state index contributed by atoms with van der Waals surface area (Å²) >= 11 is 0. The highest BCUT2D eigenvalue weighted by molar-refractivity contribution is 6.03. The van der Waals surface area contributed by atoms with Crippen molar-refractivity contribution in [1.29, 1.82) is 0 Å². The molecule has 2 rings (SSSR count). The van der Waals surface area contributed by atoms with Crippen LogP contribution >= 0.6 is 0 Å². The van der Waals surface area contributed by atoms with E-state index in [1.54, 1.807) is 12.1 Å². The zero-order valence-corrected chi connectivity index (χ0v) is 10.6. The number of benzene rings is 1. The first-order valence-corrected chi connectivity index (χ1v) is 5.69. The zero-order valence-electron chi connectivity index (χ0n) is 10.6. The lowest BCUT2D eigenvalue weighted by Gasteiger charge is -2.08. The quantitative estimate of drug-likeness (QED) is 0.823. The monoisotopic (exact) mass is 259 g/mol. The summed E-state index contributed by atoms with van der Waals surface area (Å²) in [6.07, 6.45) is 1.34. The highest BCUT2D eigenvalue weighted by atomic mass is 16.2. The number of carbonyl (C=O) groups is 2. The first-order valence-electron chi connectivity index (χ1n) is 5.69. The zero-order chi connectivity index (χ0) is 13.8. The SMILES string of the molecule is CC(=O)CC(=O)Nc1ccc(C)c(-n2cnnn2)c1. The molecule has 1 aromatic heterocycles. The number of tetrazole rings is 1. The molecule has 0 bridgehead atoms. The molecule has 0 atom stereocenters. The normalized spacial score (nSPS) is 10.2. The summed E-state index contributed by atoms with van der Waals surface area (Å²) in [5.74, 6) is -0.510. The molecule has 0 aliphatic rings. The fraction of sp³-hybridized carbons (Fsp3) is 0.250. The van der Waals surface area contributed by atoms with E-state index in [1.165, 1.54) is 17.9 Å². The lowest BCUT2D eigenvalue weighted by Crippen LogP contribution is -2.15. The smallest absolute Gasteiger partial charge is 0.231 e. The highest BCUT2D eigenvalue weighted by Crippen LogP contribution is 2.18. The van der Waals surface area contributed by atoms with Gasteiger partial charge in [-0.2, -0.15) is 0 Å². The van der Waals surface area contributed by atoms with Gasteiger partial charge in [-0.05, 0) is 42.0 Å². The van der Waals surface area contributed by atoms with Gasteiger partial charge in [-0.1, -0.05) is 6.07 Å². The fourth-order valence-corrected chi connectivity index (χ4v) is 1.64. The molecule has 1 amide bonds. The summed E-state index contributed by atoms with van der Waals surface area (Å²) in [7, 11) is 0. The molecule has 0 saturated carbocycles. The second-order valence-corrected chi connectivity index (χ2v) is 4.18. The highest BCUT2D eigenvalue weighted by Gasteiger charge is 2.08. The summed E-state index contributed by atoms with van der Waals surface area (Å²) in [4.78, 5) is 22.4. The molecule has 1 N–H and O–H groups in total. The minimum Gasteiger partial charge on any atom is -0.326 e. The van der Waals surface area contributed by atoms with Gasteiger partial charge >= 0.3 is 0 Å². The van der Waals surface area contributed by atoms with Crippen LogP contribution in [0.5, 0.6) is 0 Å². The average molecular weight is 259 g/mol. The van der Waals surface area contributed by atoms with Crippen molar-refractivity contribution in [1.82, 2.24) is 20.2 Å². The first-order chi connectivity index (χ1) is 9.06. The van der Waals surface area contributed by atoms with E-state index in [9.17, 15) is 9.59 Å². The molecule has 7 nitrogen and oxygen atoms in total. The van der Waals surface area contributed by atoms with E-state index in [0.29, 0.717) is 5.69 Å². The van der Waals surface area contributed by atoms with Crippen LogP contribution in [0.4, 0.5) is 5.69 Å². The standard InChI is InChI=1S/C12H13N5O2/c1-8-3-4-10(14-12(19)5-9(2)18)6-11(8)17-7-13-15-16-17/h3-4,6-7H,5H2,1-2H3,(H,14,19). The second-order valence-electron chi connectivity index (χ2n) is 4.18. The van der Waals surface area contributed by atoms with E-state index in [2.05, 4.69) is 20.8 Å². The molecular formula is C12H13N5O2. The van der Waals surface area contributed by atoms with Crippen LogP contribution in [0.3, 0.4) is 0 Å². The molecule has 0 radical (unpaired) electrons. The minimum absolute atomic E-state index is 0.131. The van der Waals surface area contributed by atoms with Crippen LogP contribution in [0.15, 0.2) is 24.5 Å². The molecule has 1 aromatic carbocycles. The molecule has 2 aromatic rings. The summed E-state index contributed by atoms with van der Waals surface area (Å²) in [5.41, 5.74) is 2.34. The number of anilines is 1. The number of Topliss-reactive ketones (excluding diaryl/α,β-unsaturated/α-hetero) is 1. The third kappa shape index (κ3) is 3.21. The third-order valence-corrected chi connectivity index (χ3v) is 2.50. The number of hydrogen-bond acceptors (Lipinski definition) is 5. The summed E-state index contributed by atoms with van der Waals surface area (Å²) in [6, 6.07) is 5.37. The Morgan fingerprint density at radius 2 is 2.16 bits per heavy atom. The Morgan fingerprint density at radius 3 is 2.79 bits per heavy atom. The maximum Gasteiger partial charge on any atom is 0.231 e. The van der Waals surface area contributed by atoms with Crippen LogP contribution in [-0.4, -0.2) is 31.9 Å². The first kappa shape index (κ1) is 12.9. The van der Waals surface area contributed by atoms with Gasteiger partial charge in [-0.15, -0.1) is 5.10 Å². The molecule has 19 heavy (non-hydrogen) atoms. The number of nitrogens with one attached hydrogen (secondary N) is 1. The van der Waals surface area contributed by atoms with Crippen molar-refractivity contribution in [2.75, 3.05) is 5.32 Å². The van der Waals surface area contributed by atoms with Crippen LogP contribution < -0.4 is 5.32 Å². The Morgan fingerprint density at radius 1 is 1.37 bits per heavy atom. The predicted molar refractivity (Wildman–Crippen MR) is 67.8 cm³/mol. The van der Waals surface area contributed by atoms with Crippen molar-refractivity contribution in [3.63, 3.8) is 0 Å². The number of ketones is 1. The van der Waals surface area contributed by atoms with E-state index in [4.69, 9.17) is 0 Å². The molecule has 7 heteroatoms. The number of rotatable bonds is 4. The summed E-state index contributed by atoms with van der Waals surface area (Å²) < 4.78 is 1.51. The van der Waals surface area contributed by atoms with Gasteiger partial charge in [0.05, 0.1) is 12.1 Å². The largest absolute Gasteiger partial charge is 0.326 e. The molecule has 0 saturated heterocycles. The Bertz CT molecular complexity index is 607. The van der Waals surface area contributed by atoms with Gasteiger partial charge in [-0.3, -0.25) is 9.59 Å². The van der Waals surface area contributed by atoms with E-state index < -0.39 is 0 Å². The molecule has 0 unspecified atom stereocenters. The van der Waals surface area contributed by atoms with Crippen LogP contribution in [0.1, 0.15) is 18.9 Å². The van der Waals surface area contributed by atoms with Gasteiger partial charge in [0, 0.05) is 5.69 Å². The molecule has 0 spiro atoms. The predicted octanol–water partition coefficient (Wildman–Crippen LogP) is 0.888. The van der Waals surface area contributed by atoms with Crippen molar-refractivity contribution in [2.24, 2.45) is 0 Å². The van der Waals surface area contributed by atoms with Crippen LogP contribution in [0, 0.1) is 6.92 Å². The number of aryl methyl sites for hydroxylation is 1. The van der Waals surface area contributed by atoms with Crippen molar-refractivity contribution in [3.05, 3.63) is 30.1 Å². The van der Waals surface area contributed by atoms with Gasteiger partial charge in [-0.25, -0.2) is 4.68 Å². The van der Waals surface area contributed by atoms with E-state index in [0.717, 1.165) is 11.3 Å². The fourth-order valence-electron chi connectivity index (χ4n) is 1.64. The number of carbonyl (C=O) groups excluding carboxylic acids is 2. The maximum atomic E-state index is 11.5. The second kappa shape index (κ2) is 5.38. The lowest BCUT2D eigenvalue weighted by molar-refractivity contribution is -0.124. The molecule has 98 valence electrons. The minimum atomic E-state index is -0.334. The van der Waals surface area contributed by atoms with Crippen LogP contribution in [0.2, 0.25) is 0 Å². The van der Waals surface area contributed by atoms with Gasteiger partial charge in [0.15, 0.2) is 0 Å². The van der Waals surface area contributed by atoms with Crippen LogP contribution in [0.25, 0.3) is 5.69 Å². The van der Waals surface area contributed by atoms with Gasteiger partial charge in [0.1, 0.15) is 12.1 Å². The Kier molecular flexibility index (Phi) is 3.65. The summed E-state index contributed by atoms with van der Waals surface area (Å²) in [5, 5.41) is 13.6. The Balaban J connectivity index is 2.22. The van der Waals surface area contributed by atoms with Crippen molar-refractivity contribution in [2.45, 2.75) is 20.3 Å². The number of amides is 1. The van der Waals surface area contributed by atoms with E-state index in [-0.39, 0.29) is 18.1 Å². The number of nitrogens with zero attached hydrogens (tertiary/aromatic N) is 4. The molecule has 1 heterocycles. The van der Waals surface area contributed by atoms with Gasteiger partial charge in [0.2, 0.25) is 5.91 Å². The number of hydrogen-bond donors (Lipinski definition) is 1. The Hall–Kier alpha value is -2.57. The maximum absolute atomic E-state index is 11.5.